The van der Waals surface area contributed by atoms with Crippen LogP contribution >= 0.6 is 0 Å². The third-order valence-electron chi connectivity index (χ3n) is 4.99. The number of fused-ring (bicyclic) bond motifs is 1. The summed E-state index contributed by atoms with van der Waals surface area (Å²) in [5.74, 6) is 0.214. The summed E-state index contributed by atoms with van der Waals surface area (Å²) in [6, 6.07) is 9.23. The zero-order valence-corrected chi connectivity index (χ0v) is 17.1. The van der Waals surface area contributed by atoms with Crippen molar-refractivity contribution in [2.24, 2.45) is 0 Å². The fourth-order valence-corrected chi connectivity index (χ4v) is 3.33. The Morgan fingerprint density at radius 1 is 0.786 bits per heavy atom. The molecule has 0 unspecified atom stereocenters. The Hall–Kier alpha value is -2.43. The van der Waals surface area contributed by atoms with Gasteiger partial charge in [0, 0.05) is 10.9 Å². The largest absolute Gasteiger partial charge is 0.440 e. The first-order chi connectivity index (χ1) is 12.7. The third kappa shape index (κ3) is 3.62. The number of anilines is 1. The maximum Gasteiger partial charge on any atom is 0.416 e. The SMILES string of the molecule is CC(C)(C)c1cc(C(C)(C)C)c2oc(N)c(-c3ccc(C(F)(F)F)cc3)c2c1. The summed E-state index contributed by atoms with van der Waals surface area (Å²) in [5.41, 5.74) is 9.31. The van der Waals surface area contributed by atoms with E-state index in [1.807, 2.05) is 6.07 Å². The Labute approximate surface area is 163 Å². The van der Waals surface area contributed by atoms with E-state index in [9.17, 15) is 13.2 Å². The van der Waals surface area contributed by atoms with E-state index in [1.165, 1.54) is 12.1 Å². The van der Waals surface area contributed by atoms with Crippen molar-refractivity contribution < 1.29 is 17.6 Å². The lowest BCUT2D eigenvalue weighted by Gasteiger charge is -2.25. The molecule has 0 saturated heterocycles. The minimum absolute atomic E-state index is 0.0996. The number of hydrogen-bond acceptors (Lipinski definition) is 2. The number of nitrogen functional groups attached to an aromatic ring is 1. The topological polar surface area (TPSA) is 39.2 Å². The van der Waals surface area contributed by atoms with Crippen LogP contribution in [0.3, 0.4) is 0 Å². The van der Waals surface area contributed by atoms with E-state index in [4.69, 9.17) is 10.2 Å². The Bertz CT molecular complexity index is 1010. The van der Waals surface area contributed by atoms with E-state index >= 15 is 0 Å². The molecule has 2 aromatic carbocycles. The molecule has 0 aliphatic carbocycles. The molecule has 0 amide bonds. The van der Waals surface area contributed by atoms with Gasteiger partial charge in [0.1, 0.15) is 5.58 Å². The number of hydrogen-bond donors (Lipinski definition) is 1. The molecule has 0 saturated carbocycles. The van der Waals surface area contributed by atoms with Crippen LogP contribution in [0, 0.1) is 0 Å². The molecule has 3 aromatic rings. The van der Waals surface area contributed by atoms with Gasteiger partial charge in [-0.3, -0.25) is 0 Å². The average Bonchev–Trinajstić information content (AvgIpc) is 2.87. The number of nitrogens with two attached hydrogens (primary N) is 1. The Kier molecular flexibility index (Phi) is 4.56. The Morgan fingerprint density at radius 2 is 1.36 bits per heavy atom. The van der Waals surface area contributed by atoms with Gasteiger partial charge in [-0.2, -0.15) is 13.2 Å². The predicted octanol–water partition coefficient (Wildman–Crippen LogP) is 7.30. The molecule has 0 bridgehead atoms. The van der Waals surface area contributed by atoms with E-state index in [1.54, 1.807) is 0 Å². The molecule has 150 valence electrons. The molecule has 1 aromatic heterocycles. The van der Waals surface area contributed by atoms with Crippen molar-refractivity contribution >= 4 is 16.9 Å². The Balaban J connectivity index is 2.31. The summed E-state index contributed by atoms with van der Waals surface area (Å²) in [6.07, 6.45) is -4.37. The molecule has 2 nitrogen and oxygen atoms in total. The van der Waals surface area contributed by atoms with E-state index < -0.39 is 11.7 Å². The molecule has 0 aliphatic rings. The molecule has 3 rings (SSSR count). The fourth-order valence-electron chi connectivity index (χ4n) is 3.33. The lowest BCUT2D eigenvalue weighted by Crippen LogP contribution is -2.16. The van der Waals surface area contributed by atoms with Crippen molar-refractivity contribution in [2.45, 2.75) is 58.5 Å². The van der Waals surface area contributed by atoms with Gasteiger partial charge < -0.3 is 10.2 Å². The molecule has 0 aliphatic heterocycles. The van der Waals surface area contributed by atoms with Gasteiger partial charge >= 0.3 is 6.18 Å². The maximum atomic E-state index is 12.9. The van der Waals surface area contributed by atoms with Crippen LogP contribution in [0.1, 0.15) is 58.2 Å². The highest BCUT2D eigenvalue weighted by Crippen LogP contribution is 2.44. The minimum atomic E-state index is -4.37. The number of benzene rings is 2. The quantitative estimate of drug-likeness (QED) is 0.474. The second kappa shape index (κ2) is 6.29. The van der Waals surface area contributed by atoms with Gasteiger partial charge in [-0.15, -0.1) is 0 Å². The normalized spacial score (nSPS) is 13.3. The summed E-state index contributed by atoms with van der Waals surface area (Å²) < 4.78 is 44.7. The molecule has 0 fully saturated rings. The van der Waals surface area contributed by atoms with Gasteiger partial charge in [0.2, 0.25) is 0 Å². The van der Waals surface area contributed by atoms with Crippen LogP contribution < -0.4 is 5.73 Å². The van der Waals surface area contributed by atoms with Gasteiger partial charge in [0.15, 0.2) is 5.88 Å². The van der Waals surface area contributed by atoms with Gasteiger partial charge in [0.05, 0.1) is 11.1 Å². The second-order valence-corrected chi connectivity index (χ2v) is 9.32. The van der Waals surface area contributed by atoms with Gasteiger partial charge in [0.25, 0.3) is 0 Å². The van der Waals surface area contributed by atoms with Crippen molar-refractivity contribution in [3.05, 3.63) is 53.1 Å². The zero-order chi connectivity index (χ0) is 21.1. The van der Waals surface area contributed by atoms with E-state index in [0.29, 0.717) is 16.7 Å². The van der Waals surface area contributed by atoms with Crippen molar-refractivity contribution in [1.82, 2.24) is 0 Å². The molecule has 0 radical (unpaired) electrons. The second-order valence-electron chi connectivity index (χ2n) is 9.32. The van der Waals surface area contributed by atoms with Crippen molar-refractivity contribution in [2.75, 3.05) is 5.73 Å². The highest BCUT2D eigenvalue weighted by molar-refractivity contribution is 6.01. The lowest BCUT2D eigenvalue weighted by atomic mass is 9.79. The molecule has 5 heteroatoms. The first-order valence-electron chi connectivity index (χ1n) is 9.24. The molecule has 1 heterocycles. The van der Waals surface area contributed by atoms with Crippen LogP contribution in [-0.4, -0.2) is 0 Å². The van der Waals surface area contributed by atoms with Crippen LogP contribution in [0.2, 0.25) is 0 Å². The zero-order valence-electron chi connectivity index (χ0n) is 17.1. The standard InChI is InChI=1S/C23H26F3NO/c1-21(2,3)15-11-16-18(13-7-9-14(10-8-13)23(24,25)26)20(27)28-19(16)17(12-15)22(4,5)6/h7-12H,27H2,1-6H3. The first-order valence-corrected chi connectivity index (χ1v) is 9.24. The van der Waals surface area contributed by atoms with Gasteiger partial charge in [-0.25, -0.2) is 0 Å². The lowest BCUT2D eigenvalue weighted by molar-refractivity contribution is -0.137. The van der Waals surface area contributed by atoms with Crippen molar-refractivity contribution in [3.63, 3.8) is 0 Å². The van der Waals surface area contributed by atoms with E-state index in [0.717, 1.165) is 28.6 Å². The van der Waals surface area contributed by atoms with Crippen LogP contribution in [0.5, 0.6) is 0 Å². The molecule has 0 spiro atoms. The summed E-state index contributed by atoms with van der Waals surface area (Å²) in [7, 11) is 0. The number of rotatable bonds is 1. The van der Waals surface area contributed by atoms with Crippen LogP contribution in [-0.2, 0) is 17.0 Å². The first kappa shape index (κ1) is 20.3. The van der Waals surface area contributed by atoms with Crippen LogP contribution in [0.15, 0.2) is 40.8 Å². The fraction of sp³-hybridized carbons (Fsp3) is 0.391. The number of halogens is 3. The minimum Gasteiger partial charge on any atom is -0.440 e. The third-order valence-corrected chi connectivity index (χ3v) is 4.99. The van der Waals surface area contributed by atoms with Crippen LogP contribution in [0.4, 0.5) is 19.1 Å². The summed E-state index contributed by atoms with van der Waals surface area (Å²) in [4.78, 5) is 0. The Morgan fingerprint density at radius 3 is 1.82 bits per heavy atom. The van der Waals surface area contributed by atoms with Crippen molar-refractivity contribution in [1.29, 1.82) is 0 Å². The average molecular weight is 389 g/mol. The summed E-state index contributed by atoms with van der Waals surface area (Å²) in [6.45, 7) is 12.7. The van der Waals surface area contributed by atoms with Gasteiger partial charge in [-0.05, 0) is 40.2 Å². The monoisotopic (exact) mass is 389 g/mol. The van der Waals surface area contributed by atoms with Crippen LogP contribution in [0.25, 0.3) is 22.1 Å². The molecular formula is C23H26F3NO. The molecule has 0 atom stereocenters. The molecular weight excluding hydrogens is 363 g/mol. The van der Waals surface area contributed by atoms with Crippen molar-refractivity contribution in [3.8, 4) is 11.1 Å². The summed E-state index contributed by atoms with van der Waals surface area (Å²) in [5, 5.41) is 0.828. The summed E-state index contributed by atoms with van der Waals surface area (Å²) >= 11 is 0. The van der Waals surface area contributed by atoms with Gasteiger partial charge in [-0.1, -0.05) is 59.7 Å². The highest BCUT2D eigenvalue weighted by atomic mass is 19.4. The molecule has 28 heavy (non-hydrogen) atoms. The van der Waals surface area contributed by atoms with E-state index in [-0.39, 0.29) is 16.7 Å². The van der Waals surface area contributed by atoms with E-state index in [2.05, 4.69) is 47.6 Å². The number of alkyl halides is 3. The number of furan rings is 1. The smallest absolute Gasteiger partial charge is 0.416 e. The maximum absolute atomic E-state index is 12.9. The predicted molar refractivity (Wildman–Crippen MR) is 108 cm³/mol. The highest BCUT2D eigenvalue weighted by Gasteiger charge is 2.31. The molecule has 2 N–H and O–H groups in total.